The third-order valence-corrected chi connectivity index (χ3v) is 2.88. The van der Waals surface area contributed by atoms with Crippen LogP contribution in [-0.4, -0.2) is 31.8 Å². The Hall–Kier alpha value is -2.17. The van der Waals surface area contributed by atoms with Crippen molar-refractivity contribution in [3.63, 3.8) is 0 Å². The van der Waals surface area contributed by atoms with Gasteiger partial charge in [0.05, 0.1) is 14.2 Å². The van der Waals surface area contributed by atoms with E-state index in [2.05, 4.69) is 5.32 Å². The lowest BCUT2D eigenvalue weighted by Gasteiger charge is -2.22. The van der Waals surface area contributed by atoms with Gasteiger partial charge in [-0.25, -0.2) is 4.79 Å². The fraction of sp³-hybridized carbons (Fsp3) is 0.308. The summed E-state index contributed by atoms with van der Waals surface area (Å²) in [5, 5.41) is 11.9. The molecule has 1 aromatic rings. The molecule has 0 atom stereocenters. The molecule has 96 valence electrons. The maximum Gasteiger partial charge on any atom is 0.330 e. The van der Waals surface area contributed by atoms with Crippen molar-refractivity contribution in [2.75, 3.05) is 20.8 Å². The van der Waals surface area contributed by atoms with Crippen LogP contribution in [0.25, 0.3) is 5.70 Å². The summed E-state index contributed by atoms with van der Waals surface area (Å²) < 4.78 is 10.5. The monoisotopic (exact) mass is 249 g/mol. The highest BCUT2D eigenvalue weighted by molar-refractivity contribution is 5.90. The zero-order valence-corrected chi connectivity index (χ0v) is 10.3. The summed E-state index contributed by atoms with van der Waals surface area (Å²) in [5.74, 6) is 0.282. The van der Waals surface area contributed by atoms with E-state index in [9.17, 15) is 4.79 Å². The molecular weight excluding hydrogens is 234 g/mol. The van der Waals surface area contributed by atoms with E-state index in [4.69, 9.17) is 14.6 Å². The Morgan fingerprint density at radius 2 is 2.00 bits per heavy atom. The molecular formula is C13H15NO4. The van der Waals surface area contributed by atoms with Crippen LogP contribution < -0.4 is 14.8 Å². The highest BCUT2D eigenvalue weighted by atomic mass is 16.5. The number of carboxylic acids is 1. The summed E-state index contributed by atoms with van der Waals surface area (Å²) in [6, 6.07) is 3.69. The van der Waals surface area contributed by atoms with Gasteiger partial charge >= 0.3 is 5.97 Å². The number of fused-ring (bicyclic) bond motifs is 1. The van der Waals surface area contributed by atoms with Gasteiger partial charge in [0.1, 0.15) is 0 Å². The second-order valence-electron chi connectivity index (χ2n) is 3.94. The molecule has 0 saturated carbocycles. The van der Waals surface area contributed by atoms with E-state index in [0.717, 1.165) is 17.5 Å². The lowest BCUT2D eigenvalue weighted by molar-refractivity contribution is -0.131. The minimum Gasteiger partial charge on any atom is -0.493 e. The molecule has 0 bridgehead atoms. The molecule has 18 heavy (non-hydrogen) atoms. The fourth-order valence-electron chi connectivity index (χ4n) is 2.06. The first kappa shape index (κ1) is 12.3. The van der Waals surface area contributed by atoms with Crippen LogP contribution in [0.3, 0.4) is 0 Å². The van der Waals surface area contributed by atoms with Crippen molar-refractivity contribution in [3.8, 4) is 11.5 Å². The minimum atomic E-state index is -0.972. The third-order valence-electron chi connectivity index (χ3n) is 2.88. The van der Waals surface area contributed by atoms with E-state index in [1.165, 1.54) is 6.08 Å². The summed E-state index contributed by atoms with van der Waals surface area (Å²) in [7, 11) is 3.14. The Balaban J connectivity index is 2.53. The van der Waals surface area contributed by atoms with Crippen molar-refractivity contribution < 1.29 is 19.4 Å². The van der Waals surface area contributed by atoms with Crippen LogP contribution in [0.1, 0.15) is 11.1 Å². The van der Waals surface area contributed by atoms with Crippen molar-refractivity contribution in [1.82, 2.24) is 5.32 Å². The molecule has 1 aromatic carbocycles. The molecule has 2 N–H and O–H groups in total. The van der Waals surface area contributed by atoms with E-state index in [0.29, 0.717) is 23.7 Å². The standard InChI is InChI=1S/C13H15NO4/c1-17-11-5-8-3-4-14-10(7-13(15)16)9(8)6-12(11)18-2/h5-7,14H,3-4H2,1-2H3,(H,15,16). The average molecular weight is 249 g/mol. The van der Waals surface area contributed by atoms with Crippen molar-refractivity contribution in [2.24, 2.45) is 0 Å². The van der Waals surface area contributed by atoms with Crippen LogP contribution in [0.15, 0.2) is 18.2 Å². The van der Waals surface area contributed by atoms with Crippen LogP contribution in [0.5, 0.6) is 11.5 Å². The predicted octanol–water partition coefficient (Wildman–Crippen LogP) is 1.27. The Labute approximate surface area is 105 Å². The first-order chi connectivity index (χ1) is 8.65. The number of rotatable bonds is 3. The molecule has 5 nitrogen and oxygen atoms in total. The molecule has 0 saturated heterocycles. The van der Waals surface area contributed by atoms with Gasteiger partial charge in [-0.3, -0.25) is 0 Å². The van der Waals surface area contributed by atoms with Crippen LogP contribution >= 0.6 is 0 Å². The van der Waals surface area contributed by atoms with Gasteiger partial charge in [-0.2, -0.15) is 0 Å². The SMILES string of the molecule is COc1cc2c(cc1OC)C(=CC(=O)O)NCC2. The molecule has 0 radical (unpaired) electrons. The summed E-state index contributed by atoms with van der Waals surface area (Å²) >= 11 is 0. The van der Waals surface area contributed by atoms with Gasteiger partial charge in [0.25, 0.3) is 0 Å². The number of hydrogen-bond acceptors (Lipinski definition) is 4. The van der Waals surface area contributed by atoms with Gasteiger partial charge in [-0.15, -0.1) is 0 Å². The second kappa shape index (κ2) is 5.00. The molecule has 0 aliphatic carbocycles. The molecule has 0 amide bonds. The zero-order chi connectivity index (χ0) is 13.1. The molecule has 2 rings (SSSR count). The van der Waals surface area contributed by atoms with Crippen molar-refractivity contribution in [3.05, 3.63) is 29.3 Å². The molecule has 1 aliphatic rings. The van der Waals surface area contributed by atoms with Gasteiger partial charge in [0.15, 0.2) is 11.5 Å². The Bertz CT molecular complexity index is 508. The average Bonchev–Trinajstić information content (AvgIpc) is 2.37. The lowest BCUT2D eigenvalue weighted by Crippen LogP contribution is -2.23. The van der Waals surface area contributed by atoms with E-state index in [1.807, 2.05) is 6.07 Å². The molecule has 0 unspecified atom stereocenters. The Morgan fingerprint density at radius 1 is 1.33 bits per heavy atom. The highest BCUT2D eigenvalue weighted by Gasteiger charge is 2.18. The Kier molecular flexibility index (Phi) is 3.41. The number of hydrogen-bond donors (Lipinski definition) is 2. The predicted molar refractivity (Wildman–Crippen MR) is 66.9 cm³/mol. The molecule has 0 aromatic heterocycles. The summed E-state index contributed by atoms with van der Waals surface area (Å²) in [5.41, 5.74) is 2.50. The number of nitrogens with one attached hydrogen (secondary N) is 1. The van der Waals surface area contributed by atoms with Crippen molar-refractivity contribution in [2.45, 2.75) is 6.42 Å². The van der Waals surface area contributed by atoms with Gasteiger partial charge in [-0.05, 0) is 24.1 Å². The van der Waals surface area contributed by atoms with Crippen molar-refractivity contribution in [1.29, 1.82) is 0 Å². The molecule has 0 fully saturated rings. The van der Waals surface area contributed by atoms with E-state index < -0.39 is 5.97 Å². The van der Waals surface area contributed by atoms with Gasteiger partial charge in [0.2, 0.25) is 0 Å². The second-order valence-corrected chi connectivity index (χ2v) is 3.94. The van der Waals surface area contributed by atoms with Gasteiger partial charge in [0, 0.05) is 23.9 Å². The first-order valence-electron chi connectivity index (χ1n) is 5.59. The van der Waals surface area contributed by atoms with Gasteiger partial charge < -0.3 is 19.9 Å². The quantitative estimate of drug-likeness (QED) is 0.790. The number of aliphatic carboxylic acids is 1. The summed E-state index contributed by atoms with van der Waals surface area (Å²) in [4.78, 5) is 10.8. The number of methoxy groups -OCH3 is 2. The van der Waals surface area contributed by atoms with Crippen LogP contribution in [0.2, 0.25) is 0 Å². The Morgan fingerprint density at radius 3 is 2.61 bits per heavy atom. The van der Waals surface area contributed by atoms with E-state index in [1.54, 1.807) is 20.3 Å². The first-order valence-corrected chi connectivity index (χ1v) is 5.59. The minimum absolute atomic E-state index is 0.594. The number of benzene rings is 1. The molecule has 1 heterocycles. The number of carboxylic acid groups (broad SMARTS) is 1. The van der Waals surface area contributed by atoms with Crippen LogP contribution in [0, 0.1) is 0 Å². The fourth-order valence-corrected chi connectivity index (χ4v) is 2.06. The molecule has 5 heteroatoms. The zero-order valence-electron chi connectivity index (χ0n) is 10.3. The van der Waals surface area contributed by atoms with Crippen LogP contribution in [0.4, 0.5) is 0 Å². The number of carbonyl (C=O) groups is 1. The van der Waals surface area contributed by atoms with Crippen LogP contribution in [-0.2, 0) is 11.2 Å². The van der Waals surface area contributed by atoms with Gasteiger partial charge in [-0.1, -0.05) is 0 Å². The normalized spacial score (nSPS) is 15.8. The summed E-state index contributed by atoms with van der Waals surface area (Å²) in [6.07, 6.45) is 2.00. The van der Waals surface area contributed by atoms with Crippen molar-refractivity contribution >= 4 is 11.7 Å². The smallest absolute Gasteiger partial charge is 0.330 e. The maximum atomic E-state index is 10.8. The topological polar surface area (TPSA) is 67.8 Å². The highest BCUT2D eigenvalue weighted by Crippen LogP contribution is 2.34. The lowest BCUT2D eigenvalue weighted by atomic mass is 9.97. The number of ether oxygens (including phenoxy) is 2. The molecule has 0 spiro atoms. The largest absolute Gasteiger partial charge is 0.493 e. The molecule has 1 aliphatic heterocycles. The third kappa shape index (κ3) is 2.25. The van der Waals surface area contributed by atoms with E-state index >= 15 is 0 Å². The summed E-state index contributed by atoms with van der Waals surface area (Å²) in [6.45, 7) is 0.710. The van der Waals surface area contributed by atoms with E-state index in [-0.39, 0.29) is 0 Å². The maximum absolute atomic E-state index is 10.8.